The summed E-state index contributed by atoms with van der Waals surface area (Å²) in [7, 11) is 0. The third-order valence-corrected chi connectivity index (χ3v) is 7.62. The van der Waals surface area contributed by atoms with Crippen LogP contribution in [0.25, 0.3) is 10.9 Å². The number of nitrogens with zero attached hydrogens (tertiary/aromatic N) is 4. The van der Waals surface area contributed by atoms with E-state index in [9.17, 15) is 9.90 Å². The molecule has 1 aliphatic heterocycles. The van der Waals surface area contributed by atoms with Gasteiger partial charge in [-0.15, -0.1) is 0 Å². The highest BCUT2D eigenvalue weighted by molar-refractivity contribution is 7.05. The van der Waals surface area contributed by atoms with Crippen molar-refractivity contribution < 1.29 is 9.90 Å². The van der Waals surface area contributed by atoms with Gasteiger partial charge in [0.15, 0.2) is 0 Å². The SMILES string of the molecule is Cc1ccc2ncnc(NCC(=O)NC3CN(C4CCC(O)(c5ccns5)CC4)C3)c2c1. The largest absolute Gasteiger partial charge is 0.384 e. The number of fused-ring (bicyclic) bond motifs is 1. The number of hydrogen-bond donors (Lipinski definition) is 3. The number of aromatic nitrogens is 3. The van der Waals surface area contributed by atoms with E-state index in [4.69, 9.17) is 0 Å². The summed E-state index contributed by atoms with van der Waals surface area (Å²) in [5.74, 6) is 0.650. The molecule has 1 aliphatic carbocycles. The van der Waals surface area contributed by atoms with Crippen LogP contribution in [0.15, 0.2) is 36.8 Å². The van der Waals surface area contributed by atoms with Crippen LogP contribution >= 0.6 is 11.5 Å². The quantitative estimate of drug-likeness (QED) is 0.528. The third-order valence-electron chi connectivity index (χ3n) is 6.68. The van der Waals surface area contributed by atoms with Crippen molar-refractivity contribution >= 4 is 34.2 Å². The maximum Gasteiger partial charge on any atom is 0.239 e. The van der Waals surface area contributed by atoms with E-state index in [1.807, 2.05) is 31.2 Å². The lowest BCUT2D eigenvalue weighted by Gasteiger charge is -2.48. The molecule has 0 unspecified atom stereocenters. The lowest BCUT2D eigenvalue weighted by atomic mass is 9.80. The Morgan fingerprint density at radius 3 is 2.81 bits per heavy atom. The first-order valence-electron chi connectivity index (χ1n) is 11.1. The second-order valence-electron chi connectivity index (χ2n) is 8.95. The molecule has 0 radical (unpaired) electrons. The van der Waals surface area contributed by atoms with Gasteiger partial charge in [-0.3, -0.25) is 9.69 Å². The van der Waals surface area contributed by atoms with Gasteiger partial charge in [-0.05, 0) is 62.3 Å². The Balaban J connectivity index is 1.07. The number of aliphatic hydroxyl groups is 1. The van der Waals surface area contributed by atoms with Crippen molar-refractivity contribution in [3.8, 4) is 0 Å². The summed E-state index contributed by atoms with van der Waals surface area (Å²) in [5, 5.41) is 18.1. The smallest absolute Gasteiger partial charge is 0.239 e. The summed E-state index contributed by atoms with van der Waals surface area (Å²) >= 11 is 1.39. The Morgan fingerprint density at radius 2 is 2.06 bits per heavy atom. The van der Waals surface area contributed by atoms with E-state index in [0.29, 0.717) is 11.9 Å². The zero-order valence-corrected chi connectivity index (χ0v) is 18.9. The van der Waals surface area contributed by atoms with Crippen LogP contribution < -0.4 is 10.6 Å². The molecule has 8 nitrogen and oxygen atoms in total. The monoisotopic (exact) mass is 452 g/mol. The van der Waals surface area contributed by atoms with Gasteiger partial charge >= 0.3 is 0 Å². The van der Waals surface area contributed by atoms with Crippen LogP contribution in [0.3, 0.4) is 0 Å². The molecule has 3 aromatic rings. The fourth-order valence-corrected chi connectivity index (χ4v) is 5.53. The number of aryl methyl sites for hydroxylation is 1. The van der Waals surface area contributed by atoms with E-state index in [1.165, 1.54) is 17.9 Å². The molecule has 1 amide bonds. The van der Waals surface area contributed by atoms with Crippen LogP contribution in [0, 0.1) is 6.92 Å². The van der Waals surface area contributed by atoms with Crippen LogP contribution in [-0.4, -0.2) is 62.0 Å². The average molecular weight is 453 g/mol. The van der Waals surface area contributed by atoms with E-state index >= 15 is 0 Å². The van der Waals surface area contributed by atoms with E-state index in [0.717, 1.165) is 60.1 Å². The Labute approximate surface area is 191 Å². The minimum absolute atomic E-state index is 0.0303. The molecule has 0 atom stereocenters. The molecular weight excluding hydrogens is 424 g/mol. The first-order valence-corrected chi connectivity index (χ1v) is 11.9. The average Bonchev–Trinajstić information content (AvgIpc) is 3.31. The van der Waals surface area contributed by atoms with Crippen molar-refractivity contribution in [3.63, 3.8) is 0 Å². The van der Waals surface area contributed by atoms with Gasteiger partial charge in [0, 0.05) is 30.7 Å². The molecule has 1 aromatic carbocycles. The second kappa shape index (κ2) is 8.73. The number of amides is 1. The summed E-state index contributed by atoms with van der Waals surface area (Å²) in [4.78, 5) is 24.4. The minimum Gasteiger partial charge on any atom is -0.384 e. The number of carbonyl (C=O) groups is 1. The minimum atomic E-state index is -0.717. The number of carbonyl (C=O) groups excluding carboxylic acids is 1. The molecule has 3 N–H and O–H groups in total. The summed E-state index contributed by atoms with van der Waals surface area (Å²) in [6.07, 6.45) is 6.75. The number of anilines is 1. The molecule has 2 fully saturated rings. The molecule has 2 aliphatic rings. The molecule has 1 saturated heterocycles. The normalized spacial score (nSPS) is 24.2. The highest BCUT2D eigenvalue weighted by atomic mass is 32.1. The lowest BCUT2D eigenvalue weighted by Crippen LogP contribution is -2.63. The van der Waals surface area contributed by atoms with Gasteiger partial charge < -0.3 is 15.7 Å². The molecule has 2 aromatic heterocycles. The van der Waals surface area contributed by atoms with Gasteiger partial charge in [0.2, 0.25) is 5.91 Å². The van der Waals surface area contributed by atoms with Gasteiger partial charge in [0.05, 0.1) is 23.0 Å². The van der Waals surface area contributed by atoms with E-state index < -0.39 is 5.60 Å². The Bertz CT molecular complexity index is 1090. The molecule has 32 heavy (non-hydrogen) atoms. The zero-order chi connectivity index (χ0) is 22.1. The van der Waals surface area contributed by atoms with Crippen molar-refractivity contribution in [3.05, 3.63) is 47.2 Å². The van der Waals surface area contributed by atoms with Gasteiger partial charge in [0.25, 0.3) is 0 Å². The predicted octanol–water partition coefficient (Wildman–Crippen LogP) is 2.44. The van der Waals surface area contributed by atoms with Crippen LogP contribution in [0.4, 0.5) is 5.82 Å². The van der Waals surface area contributed by atoms with E-state index in [2.05, 4.69) is 29.9 Å². The van der Waals surface area contributed by atoms with Gasteiger partial charge in [-0.2, -0.15) is 0 Å². The van der Waals surface area contributed by atoms with Crippen molar-refractivity contribution in [2.75, 3.05) is 25.0 Å². The summed E-state index contributed by atoms with van der Waals surface area (Å²) < 4.78 is 4.13. The summed E-state index contributed by atoms with van der Waals surface area (Å²) in [6.45, 7) is 3.94. The standard InChI is InChI=1S/C23H28N6O2S/c1-15-2-3-19-18(10-15)22(26-14-25-19)24-11-21(30)28-16-12-29(13-16)17-4-7-23(31,8-5-17)20-6-9-27-32-20/h2-3,6,9-10,14,16-17,31H,4-5,7-8,11-13H2,1H3,(H,28,30)(H,24,25,26). The van der Waals surface area contributed by atoms with E-state index in [-0.39, 0.29) is 18.5 Å². The lowest BCUT2D eigenvalue weighted by molar-refractivity contribution is -0.121. The maximum absolute atomic E-state index is 12.4. The first-order chi connectivity index (χ1) is 15.5. The number of rotatable bonds is 6. The highest BCUT2D eigenvalue weighted by Crippen LogP contribution is 2.40. The Morgan fingerprint density at radius 1 is 1.25 bits per heavy atom. The zero-order valence-electron chi connectivity index (χ0n) is 18.1. The summed E-state index contributed by atoms with van der Waals surface area (Å²) in [6, 6.07) is 8.59. The topological polar surface area (TPSA) is 103 Å². The molecule has 0 bridgehead atoms. The number of likely N-dealkylation sites (tertiary alicyclic amines) is 1. The highest BCUT2D eigenvalue weighted by Gasteiger charge is 2.41. The molecular formula is C23H28N6O2S. The molecule has 9 heteroatoms. The van der Waals surface area contributed by atoms with Gasteiger partial charge in [0.1, 0.15) is 17.7 Å². The first kappa shape index (κ1) is 21.2. The van der Waals surface area contributed by atoms with Crippen LogP contribution in [-0.2, 0) is 10.4 Å². The fourth-order valence-electron chi connectivity index (χ4n) is 4.80. The Hall–Kier alpha value is -2.62. The third kappa shape index (κ3) is 4.32. The molecule has 1 saturated carbocycles. The maximum atomic E-state index is 12.4. The Kier molecular flexibility index (Phi) is 5.79. The van der Waals surface area contributed by atoms with Crippen molar-refractivity contribution in [2.24, 2.45) is 0 Å². The van der Waals surface area contributed by atoms with Gasteiger partial charge in [-0.25, -0.2) is 14.3 Å². The fraction of sp³-hybridized carbons (Fsp3) is 0.478. The van der Waals surface area contributed by atoms with Crippen molar-refractivity contribution in [2.45, 2.75) is 50.3 Å². The van der Waals surface area contributed by atoms with Crippen molar-refractivity contribution in [1.82, 2.24) is 24.6 Å². The van der Waals surface area contributed by atoms with Crippen molar-refractivity contribution in [1.29, 1.82) is 0 Å². The second-order valence-corrected chi connectivity index (χ2v) is 9.79. The molecule has 0 spiro atoms. The molecule has 3 heterocycles. The van der Waals surface area contributed by atoms with Crippen LogP contribution in [0.5, 0.6) is 0 Å². The predicted molar refractivity (Wildman–Crippen MR) is 125 cm³/mol. The number of nitrogens with one attached hydrogen (secondary N) is 2. The molecule has 168 valence electrons. The van der Waals surface area contributed by atoms with Crippen LogP contribution in [0.2, 0.25) is 0 Å². The number of hydrogen-bond acceptors (Lipinski definition) is 8. The number of benzene rings is 1. The molecule has 5 rings (SSSR count). The van der Waals surface area contributed by atoms with Gasteiger partial charge in [-0.1, -0.05) is 11.6 Å². The summed E-state index contributed by atoms with van der Waals surface area (Å²) in [5.41, 5.74) is 1.27. The van der Waals surface area contributed by atoms with E-state index in [1.54, 1.807) is 6.20 Å². The van der Waals surface area contributed by atoms with Crippen LogP contribution in [0.1, 0.15) is 36.1 Å².